The minimum Gasteiger partial charge on any atom is -0.486 e. The lowest BCUT2D eigenvalue weighted by Gasteiger charge is -2.31. The van der Waals surface area contributed by atoms with Crippen LogP contribution in [0.25, 0.3) is 11.0 Å². The first kappa shape index (κ1) is 29.3. The number of anilines is 2. The van der Waals surface area contributed by atoms with E-state index in [0.717, 1.165) is 31.8 Å². The maximum atomic E-state index is 14.8. The fraction of sp³-hybridized carbons (Fsp3) is 0.286. The summed E-state index contributed by atoms with van der Waals surface area (Å²) in [4.78, 5) is 21.8. The highest BCUT2D eigenvalue weighted by Gasteiger charge is 2.33. The van der Waals surface area contributed by atoms with Crippen molar-refractivity contribution in [2.24, 2.45) is 0 Å². The lowest BCUT2D eigenvalue weighted by Crippen LogP contribution is -2.38. The molecule has 4 aromatic rings. The zero-order chi connectivity index (χ0) is 29.9. The molecule has 3 heterocycles. The molecule has 14 heteroatoms. The molecule has 0 aliphatic carbocycles. The number of piperidine rings is 1. The van der Waals surface area contributed by atoms with Gasteiger partial charge in [0.1, 0.15) is 29.1 Å². The molecule has 1 aliphatic heterocycles. The molecule has 2 aromatic heterocycles. The van der Waals surface area contributed by atoms with E-state index in [0.29, 0.717) is 34.6 Å². The predicted molar refractivity (Wildman–Crippen MR) is 149 cm³/mol. The van der Waals surface area contributed by atoms with E-state index >= 15 is 0 Å². The number of carbonyl (C=O) groups is 1. The summed E-state index contributed by atoms with van der Waals surface area (Å²) in [6, 6.07) is 8.11. The molecule has 0 atom stereocenters. The van der Waals surface area contributed by atoms with Crippen LogP contribution in [0.3, 0.4) is 0 Å². The van der Waals surface area contributed by atoms with Gasteiger partial charge in [-0.05, 0) is 49.7 Å². The molecular weight excluding hydrogens is 582 g/mol. The van der Waals surface area contributed by atoms with E-state index in [1.54, 1.807) is 12.3 Å². The molecular formula is C28H26ClF4N5O4. The fourth-order valence-electron chi connectivity index (χ4n) is 4.56. The average Bonchev–Trinajstić information content (AvgIpc) is 3.33. The number of benzene rings is 2. The summed E-state index contributed by atoms with van der Waals surface area (Å²) in [5.41, 5.74) is 0.281. The number of aromatic amines is 1. The quantitative estimate of drug-likeness (QED) is 0.179. The molecule has 0 bridgehead atoms. The van der Waals surface area contributed by atoms with Crippen molar-refractivity contribution in [3.63, 3.8) is 0 Å². The van der Waals surface area contributed by atoms with E-state index in [9.17, 15) is 22.4 Å². The second kappa shape index (κ2) is 12.3. The van der Waals surface area contributed by atoms with E-state index in [2.05, 4.69) is 30.2 Å². The Kier molecular flexibility index (Phi) is 8.59. The molecule has 1 fully saturated rings. The number of aromatic nitrogens is 2. The Morgan fingerprint density at radius 1 is 1.10 bits per heavy atom. The van der Waals surface area contributed by atoms with Crippen LogP contribution in [0.2, 0.25) is 5.02 Å². The van der Waals surface area contributed by atoms with Gasteiger partial charge in [-0.15, -0.1) is 13.2 Å². The van der Waals surface area contributed by atoms with Crippen molar-refractivity contribution in [1.82, 2.24) is 14.9 Å². The number of amides is 2. The van der Waals surface area contributed by atoms with Crippen molar-refractivity contribution in [3.05, 3.63) is 65.7 Å². The Morgan fingerprint density at radius 2 is 1.88 bits per heavy atom. The number of carbonyl (C=O) groups excluding carboxylic acids is 1. The fourth-order valence-corrected chi connectivity index (χ4v) is 4.79. The van der Waals surface area contributed by atoms with E-state index in [-0.39, 0.29) is 29.0 Å². The monoisotopic (exact) mass is 607 g/mol. The first-order valence-electron chi connectivity index (χ1n) is 13.0. The predicted octanol–water partition coefficient (Wildman–Crippen LogP) is 7.55. The summed E-state index contributed by atoms with van der Waals surface area (Å²) < 4.78 is 70.0. The van der Waals surface area contributed by atoms with Crippen molar-refractivity contribution in [2.45, 2.75) is 32.2 Å². The first-order valence-corrected chi connectivity index (χ1v) is 13.4. The third-order valence-electron chi connectivity index (χ3n) is 6.61. The highest BCUT2D eigenvalue weighted by molar-refractivity contribution is 6.36. The Hall–Kier alpha value is -4.23. The third kappa shape index (κ3) is 7.15. The van der Waals surface area contributed by atoms with Crippen molar-refractivity contribution < 1.29 is 36.6 Å². The summed E-state index contributed by atoms with van der Waals surface area (Å²) in [7, 11) is 0. The van der Waals surface area contributed by atoms with Crippen molar-refractivity contribution in [1.29, 1.82) is 0 Å². The molecule has 1 aliphatic rings. The molecule has 222 valence electrons. The summed E-state index contributed by atoms with van der Waals surface area (Å²) in [6.07, 6.45) is -0.890. The number of alkyl halides is 3. The zero-order valence-electron chi connectivity index (χ0n) is 22.2. The van der Waals surface area contributed by atoms with Crippen LogP contribution in [0.15, 0.2) is 54.9 Å². The third-order valence-corrected chi connectivity index (χ3v) is 6.90. The number of ether oxygens (including phenoxy) is 3. The minimum atomic E-state index is -4.98. The number of hydrogen-bond donors (Lipinski definition) is 3. The van der Waals surface area contributed by atoms with Crippen LogP contribution in [0, 0.1) is 5.82 Å². The highest BCUT2D eigenvalue weighted by atomic mass is 35.5. The Morgan fingerprint density at radius 3 is 2.60 bits per heavy atom. The summed E-state index contributed by atoms with van der Waals surface area (Å²) in [5.74, 6) is -1.03. The van der Waals surface area contributed by atoms with Crippen LogP contribution in [0.1, 0.15) is 19.8 Å². The molecule has 1 saturated heterocycles. The maximum Gasteiger partial charge on any atom is 0.573 e. The van der Waals surface area contributed by atoms with Crippen LogP contribution >= 0.6 is 11.6 Å². The van der Waals surface area contributed by atoms with Crippen LogP contribution in [0.4, 0.5) is 33.7 Å². The molecule has 0 spiro atoms. The van der Waals surface area contributed by atoms with Gasteiger partial charge in [-0.25, -0.2) is 14.2 Å². The van der Waals surface area contributed by atoms with Crippen LogP contribution in [-0.4, -0.2) is 53.0 Å². The molecule has 3 N–H and O–H groups in total. The van der Waals surface area contributed by atoms with Gasteiger partial charge >= 0.3 is 12.4 Å². The van der Waals surface area contributed by atoms with E-state index in [4.69, 9.17) is 21.1 Å². The molecule has 42 heavy (non-hydrogen) atoms. The van der Waals surface area contributed by atoms with Crippen molar-refractivity contribution in [2.75, 3.05) is 30.3 Å². The van der Waals surface area contributed by atoms with Gasteiger partial charge in [0.25, 0.3) is 0 Å². The number of urea groups is 1. The number of rotatable bonds is 8. The number of pyridine rings is 1. The van der Waals surface area contributed by atoms with Gasteiger partial charge in [-0.1, -0.05) is 18.5 Å². The SMILES string of the molecule is CCN1CCC(Oc2ccc(NC(=O)Nc3ccc(Oc4ccnc5[nH]cc(Cl)c45)cc3F)cc2OC(F)(F)F)CC1. The van der Waals surface area contributed by atoms with Gasteiger partial charge in [0.05, 0.1) is 16.1 Å². The smallest absolute Gasteiger partial charge is 0.486 e. The van der Waals surface area contributed by atoms with E-state index < -0.39 is 24.0 Å². The maximum absolute atomic E-state index is 14.8. The van der Waals surface area contributed by atoms with Gasteiger partial charge in [-0.2, -0.15) is 0 Å². The van der Waals surface area contributed by atoms with E-state index in [1.807, 2.05) is 6.92 Å². The van der Waals surface area contributed by atoms with Gasteiger partial charge < -0.3 is 34.7 Å². The zero-order valence-corrected chi connectivity index (χ0v) is 23.0. The molecule has 5 rings (SSSR count). The molecule has 0 saturated carbocycles. The van der Waals surface area contributed by atoms with Gasteiger partial charge in [-0.3, -0.25) is 0 Å². The minimum absolute atomic E-state index is 0.0228. The van der Waals surface area contributed by atoms with Crippen molar-refractivity contribution >= 4 is 40.0 Å². The molecule has 0 radical (unpaired) electrons. The molecule has 2 aromatic carbocycles. The second-order valence-electron chi connectivity index (χ2n) is 9.45. The number of nitrogens with zero attached hydrogens (tertiary/aromatic N) is 2. The largest absolute Gasteiger partial charge is 0.573 e. The lowest BCUT2D eigenvalue weighted by atomic mass is 10.1. The van der Waals surface area contributed by atoms with Gasteiger partial charge in [0.2, 0.25) is 0 Å². The molecule has 0 unspecified atom stereocenters. The van der Waals surface area contributed by atoms with E-state index in [1.165, 1.54) is 30.5 Å². The number of H-pyrrole nitrogens is 1. The number of nitrogens with one attached hydrogen (secondary N) is 3. The molecule has 2 amide bonds. The normalized spacial score (nSPS) is 14.5. The van der Waals surface area contributed by atoms with Crippen molar-refractivity contribution in [3.8, 4) is 23.0 Å². The van der Waals surface area contributed by atoms with Crippen LogP contribution in [0.5, 0.6) is 23.0 Å². The number of halogens is 5. The number of fused-ring (bicyclic) bond motifs is 1. The number of likely N-dealkylation sites (tertiary alicyclic amines) is 1. The summed E-state index contributed by atoms with van der Waals surface area (Å²) in [5, 5.41) is 5.61. The number of hydrogen-bond acceptors (Lipinski definition) is 6. The second-order valence-corrected chi connectivity index (χ2v) is 9.86. The Balaban J connectivity index is 1.25. The Bertz CT molecular complexity index is 1570. The van der Waals surface area contributed by atoms with Crippen LogP contribution in [-0.2, 0) is 0 Å². The lowest BCUT2D eigenvalue weighted by molar-refractivity contribution is -0.275. The highest BCUT2D eigenvalue weighted by Crippen LogP contribution is 2.37. The topological polar surface area (TPSA) is 101 Å². The average molecular weight is 608 g/mol. The van der Waals surface area contributed by atoms with Crippen LogP contribution < -0.4 is 24.8 Å². The summed E-state index contributed by atoms with van der Waals surface area (Å²) in [6.45, 7) is 4.47. The standard InChI is InChI=1S/C28H26ClF4N5O4/c1-2-38-11-8-17(9-12-38)40-22-6-3-16(13-24(22)42-28(31,32)33)36-27(39)37-21-5-4-18(14-20(21)30)41-23-7-10-34-26-25(23)19(29)15-35-26/h3-7,10,13-15,17H,2,8-9,11-12H2,1H3,(H,34,35)(H2,36,37,39). The van der Waals surface area contributed by atoms with Gasteiger partial charge in [0, 0.05) is 43.3 Å². The summed E-state index contributed by atoms with van der Waals surface area (Å²) >= 11 is 6.18. The Labute approximate surface area is 242 Å². The van der Waals surface area contributed by atoms with Gasteiger partial charge in [0.15, 0.2) is 11.5 Å². The molecule has 9 nitrogen and oxygen atoms in total. The first-order chi connectivity index (χ1) is 20.1.